The Morgan fingerprint density at radius 3 is 2.32 bits per heavy atom. The van der Waals surface area contributed by atoms with Crippen LogP contribution in [0, 0.1) is 10.1 Å². The number of carbonyl (C=O) groups excluding carboxylic acids is 1. The van der Waals surface area contributed by atoms with Crippen molar-refractivity contribution in [2.75, 3.05) is 0 Å². The zero-order valence-corrected chi connectivity index (χ0v) is 11.1. The van der Waals surface area contributed by atoms with E-state index in [1.165, 1.54) is 24.3 Å². The molecule has 0 aliphatic carbocycles. The zero-order chi connectivity index (χ0) is 14.6. The number of nitro groups is 1. The minimum absolute atomic E-state index is 0.0618. The van der Waals surface area contributed by atoms with E-state index in [-0.39, 0.29) is 12.1 Å². The molecule has 1 N–H and O–H groups in total. The van der Waals surface area contributed by atoms with Crippen LogP contribution < -0.4 is 0 Å². The van der Waals surface area contributed by atoms with Crippen LogP contribution in [-0.2, 0) is 9.53 Å². The Kier molecular flexibility index (Phi) is 4.61. The van der Waals surface area contributed by atoms with Gasteiger partial charge < -0.3 is 9.84 Å². The molecule has 0 aliphatic rings. The Hall–Kier alpha value is -1.95. The van der Waals surface area contributed by atoms with Gasteiger partial charge >= 0.3 is 5.97 Å². The fourth-order valence-corrected chi connectivity index (χ4v) is 1.48. The molecule has 19 heavy (non-hydrogen) atoms. The first-order valence-corrected chi connectivity index (χ1v) is 5.83. The highest BCUT2D eigenvalue weighted by Gasteiger charge is 2.20. The van der Waals surface area contributed by atoms with Crippen LogP contribution in [0.15, 0.2) is 24.3 Å². The molecule has 1 atom stereocenters. The van der Waals surface area contributed by atoms with Crippen molar-refractivity contribution < 1.29 is 19.6 Å². The molecule has 0 heterocycles. The molecule has 6 nitrogen and oxygen atoms in total. The van der Waals surface area contributed by atoms with E-state index in [4.69, 9.17) is 4.74 Å². The maximum absolute atomic E-state index is 11.5. The lowest BCUT2D eigenvalue weighted by Gasteiger charge is -2.20. The summed E-state index contributed by atoms with van der Waals surface area (Å²) in [5.41, 5.74) is -0.226. The molecule has 0 unspecified atom stereocenters. The summed E-state index contributed by atoms with van der Waals surface area (Å²) < 4.78 is 5.08. The molecular weight excluding hydrogens is 250 g/mol. The molecule has 0 aliphatic heterocycles. The molecule has 0 spiro atoms. The lowest BCUT2D eigenvalue weighted by molar-refractivity contribution is -0.384. The van der Waals surface area contributed by atoms with Gasteiger partial charge in [0.2, 0.25) is 0 Å². The van der Waals surface area contributed by atoms with E-state index in [1.54, 1.807) is 20.8 Å². The fourth-order valence-electron chi connectivity index (χ4n) is 1.48. The minimum Gasteiger partial charge on any atom is -0.460 e. The number of carbonyl (C=O) groups is 1. The van der Waals surface area contributed by atoms with Gasteiger partial charge in [0.25, 0.3) is 5.69 Å². The Morgan fingerprint density at radius 1 is 1.37 bits per heavy atom. The number of esters is 1. The Bertz CT molecular complexity index is 461. The van der Waals surface area contributed by atoms with Crippen molar-refractivity contribution in [3.05, 3.63) is 39.9 Å². The lowest BCUT2D eigenvalue weighted by atomic mass is 10.1. The summed E-state index contributed by atoms with van der Waals surface area (Å²) in [7, 11) is 0. The maximum atomic E-state index is 11.5. The highest BCUT2D eigenvalue weighted by molar-refractivity contribution is 5.70. The average Bonchev–Trinajstić information content (AvgIpc) is 2.26. The number of nitro benzene ring substituents is 1. The standard InChI is InChI=1S/C13H17NO5/c1-13(2,3)19-12(16)8-11(15)9-4-6-10(7-5-9)14(17)18/h4-7,11,15H,8H2,1-3H3/t11-/m0/s1. The summed E-state index contributed by atoms with van der Waals surface area (Å²) in [6.45, 7) is 5.22. The van der Waals surface area contributed by atoms with Crippen LogP contribution in [0.5, 0.6) is 0 Å². The number of aliphatic hydroxyl groups excluding tert-OH is 1. The number of ether oxygens (including phenoxy) is 1. The molecule has 1 aromatic rings. The van der Waals surface area contributed by atoms with Crippen molar-refractivity contribution in [3.8, 4) is 0 Å². The summed E-state index contributed by atoms with van der Waals surface area (Å²) in [6.07, 6.45) is -1.22. The van der Waals surface area contributed by atoms with Crippen LogP contribution in [0.2, 0.25) is 0 Å². The van der Waals surface area contributed by atoms with Gasteiger partial charge in [0, 0.05) is 12.1 Å². The summed E-state index contributed by atoms with van der Waals surface area (Å²) in [4.78, 5) is 21.5. The minimum atomic E-state index is -1.03. The van der Waals surface area contributed by atoms with Crippen molar-refractivity contribution in [1.82, 2.24) is 0 Å². The highest BCUT2D eigenvalue weighted by Crippen LogP contribution is 2.21. The Labute approximate surface area is 111 Å². The number of hydrogen-bond donors (Lipinski definition) is 1. The number of aliphatic hydroxyl groups is 1. The second-order valence-corrected chi connectivity index (χ2v) is 5.16. The lowest BCUT2D eigenvalue weighted by Crippen LogP contribution is -2.24. The van der Waals surface area contributed by atoms with E-state index in [0.717, 1.165) is 0 Å². The second kappa shape index (κ2) is 5.79. The van der Waals surface area contributed by atoms with Crippen molar-refractivity contribution in [2.45, 2.75) is 38.9 Å². The van der Waals surface area contributed by atoms with Crippen molar-refractivity contribution >= 4 is 11.7 Å². The average molecular weight is 267 g/mol. The number of hydrogen-bond acceptors (Lipinski definition) is 5. The van der Waals surface area contributed by atoms with Crippen LogP contribution in [0.4, 0.5) is 5.69 Å². The highest BCUT2D eigenvalue weighted by atomic mass is 16.6. The van der Waals surface area contributed by atoms with Crippen LogP contribution >= 0.6 is 0 Å². The topological polar surface area (TPSA) is 89.7 Å². The quantitative estimate of drug-likeness (QED) is 0.514. The van der Waals surface area contributed by atoms with E-state index in [0.29, 0.717) is 5.56 Å². The number of benzene rings is 1. The first-order valence-electron chi connectivity index (χ1n) is 5.83. The van der Waals surface area contributed by atoms with E-state index in [9.17, 15) is 20.0 Å². The van der Waals surface area contributed by atoms with Gasteiger partial charge in [-0.3, -0.25) is 14.9 Å². The van der Waals surface area contributed by atoms with E-state index in [2.05, 4.69) is 0 Å². The first-order chi connectivity index (χ1) is 8.69. The van der Waals surface area contributed by atoms with Crippen LogP contribution in [0.3, 0.4) is 0 Å². The van der Waals surface area contributed by atoms with E-state index < -0.39 is 22.6 Å². The monoisotopic (exact) mass is 267 g/mol. The van der Waals surface area contributed by atoms with Gasteiger partial charge in [0.15, 0.2) is 0 Å². The fraction of sp³-hybridized carbons (Fsp3) is 0.462. The summed E-state index contributed by atoms with van der Waals surface area (Å²) in [5.74, 6) is -0.515. The molecule has 0 amide bonds. The first kappa shape index (κ1) is 15.1. The summed E-state index contributed by atoms with van der Waals surface area (Å²) in [5, 5.41) is 20.3. The van der Waals surface area contributed by atoms with Crippen molar-refractivity contribution in [2.24, 2.45) is 0 Å². The maximum Gasteiger partial charge on any atom is 0.309 e. The normalized spacial score (nSPS) is 12.8. The summed E-state index contributed by atoms with van der Waals surface area (Å²) >= 11 is 0. The Morgan fingerprint density at radius 2 is 1.89 bits per heavy atom. The number of nitrogens with zero attached hydrogens (tertiary/aromatic N) is 1. The van der Waals surface area contributed by atoms with Gasteiger partial charge in [-0.25, -0.2) is 0 Å². The molecule has 1 rings (SSSR count). The van der Waals surface area contributed by atoms with Gasteiger partial charge in [-0.1, -0.05) is 0 Å². The van der Waals surface area contributed by atoms with Gasteiger partial charge in [0.1, 0.15) is 5.60 Å². The number of rotatable bonds is 4. The largest absolute Gasteiger partial charge is 0.460 e. The van der Waals surface area contributed by atoms with Crippen LogP contribution in [0.25, 0.3) is 0 Å². The third kappa shape index (κ3) is 5.05. The van der Waals surface area contributed by atoms with Crippen LogP contribution in [0.1, 0.15) is 38.9 Å². The molecule has 104 valence electrons. The van der Waals surface area contributed by atoms with Gasteiger partial charge in [-0.2, -0.15) is 0 Å². The molecule has 0 saturated heterocycles. The molecule has 0 aromatic heterocycles. The third-order valence-corrected chi connectivity index (χ3v) is 2.27. The Balaban J connectivity index is 2.65. The SMILES string of the molecule is CC(C)(C)OC(=O)C[C@H](O)c1ccc([N+](=O)[O-])cc1. The summed E-state index contributed by atoms with van der Waals surface area (Å²) in [6, 6.07) is 5.42. The molecule has 0 bridgehead atoms. The van der Waals surface area contributed by atoms with Crippen molar-refractivity contribution in [3.63, 3.8) is 0 Å². The van der Waals surface area contributed by atoms with Crippen LogP contribution in [-0.4, -0.2) is 21.6 Å². The molecule has 0 radical (unpaired) electrons. The second-order valence-electron chi connectivity index (χ2n) is 5.16. The molecule has 0 saturated carbocycles. The van der Waals surface area contributed by atoms with Gasteiger partial charge in [-0.05, 0) is 38.5 Å². The third-order valence-electron chi connectivity index (χ3n) is 2.27. The smallest absolute Gasteiger partial charge is 0.309 e. The van der Waals surface area contributed by atoms with E-state index in [1.807, 2.05) is 0 Å². The van der Waals surface area contributed by atoms with Gasteiger partial charge in [0.05, 0.1) is 17.4 Å². The molecule has 1 aromatic carbocycles. The zero-order valence-electron chi connectivity index (χ0n) is 11.1. The molecule has 0 fully saturated rings. The molecule has 6 heteroatoms. The van der Waals surface area contributed by atoms with E-state index >= 15 is 0 Å². The van der Waals surface area contributed by atoms with Crippen molar-refractivity contribution in [1.29, 1.82) is 0 Å². The predicted octanol–water partition coefficient (Wildman–Crippen LogP) is 2.36. The molecular formula is C13H17NO5. The predicted molar refractivity (Wildman–Crippen MR) is 68.5 cm³/mol. The van der Waals surface area contributed by atoms with Gasteiger partial charge in [-0.15, -0.1) is 0 Å². The number of non-ortho nitro benzene ring substituents is 1.